The smallest absolute Gasteiger partial charge is 0.244 e. The van der Waals surface area contributed by atoms with Crippen LogP contribution in [0.5, 0.6) is 0 Å². The normalized spacial score (nSPS) is 12.2. The summed E-state index contributed by atoms with van der Waals surface area (Å²) < 4.78 is 26.1. The van der Waals surface area contributed by atoms with Gasteiger partial charge in [0, 0.05) is 18.1 Å². The standard InChI is InChI=1S/C24H32ClN3O4S/c1-5-6-13-26-24(30)19(3)27(16-20-10-8-11-21(25)15-20)23(29)17-28(33(4,31)32)22-12-7-9-18(2)14-22/h7-12,14-15,19H,5-6,13,16-17H2,1-4H3,(H,26,30). The minimum Gasteiger partial charge on any atom is -0.354 e. The number of carbonyl (C=O) groups excluding carboxylic acids is 2. The van der Waals surface area contributed by atoms with E-state index in [1.165, 1.54) is 4.90 Å². The molecule has 2 rings (SSSR count). The van der Waals surface area contributed by atoms with Crippen LogP contribution in [0, 0.1) is 6.92 Å². The molecule has 0 aromatic heterocycles. The Bertz CT molecular complexity index is 1070. The molecule has 1 atom stereocenters. The number of amides is 2. The molecule has 0 heterocycles. The molecule has 0 aliphatic carbocycles. The molecule has 0 bridgehead atoms. The Morgan fingerprint density at radius 2 is 1.82 bits per heavy atom. The van der Waals surface area contributed by atoms with Crippen molar-refractivity contribution in [2.45, 2.75) is 46.2 Å². The summed E-state index contributed by atoms with van der Waals surface area (Å²) in [6.07, 6.45) is 2.82. The predicted octanol–water partition coefficient (Wildman–Crippen LogP) is 3.75. The minimum atomic E-state index is -3.74. The van der Waals surface area contributed by atoms with Crippen molar-refractivity contribution in [2.75, 3.05) is 23.7 Å². The summed E-state index contributed by atoms with van der Waals surface area (Å²) in [5, 5.41) is 3.36. The summed E-state index contributed by atoms with van der Waals surface area (Å²) in [5.74, 6) is -0.777. The van der Waals surface area contributed by atoms with E-state index < -0.39 is 28.5 Å². The Balaban J connectivity index is 2.34. The zero-order valence-electron chi connectivity index (χ0n) is 19.5. The summed E-state index contributed by atoms with van der Waals surface area (Å²) in [6, 6.07) is 13.2. The van der Waals surface area contributed by atoms with Gasteiger partial charge in [-0.15, -0.1) is 0 Å². The van der Waals surface area contributed by atoms with Gasteiger partial charge in [-0.1, -0.05) is 49.2 Å². The van der Waals surface area contributed by atoms with Crippen molar-refractivity contribution in [3.8, 4) is 0 Å². The number of halogens is 1. The van der Waals surface area contributed by atoms with Gasteiger partial charge in [0.15, 0.2) is 0 Å². The van der Waals surface area contributed by atoms with Crippen LogP contribution in [0.2, 0.25) is 5.02 Å². The highest BCUT2D eigenvalue weighted by molar-refractivity contribution is 7.92. The number of sulfonamides is 1. The topological polar surface area (TPSA) is 86.8 Å². The van der Waals surface area contributed by atoms with E-state index >= 15 is 0 Å². The van der Waals surface area contributed by atoms with Crippen LogP contribution < -0.4 is 9.62 Å². The molecule has 2 aromatic carbocycles. The molecule has 2 amide bonds. The SMILES string of the molecule is CCCCNC(=O)C(C)N(Cc1cccc(Cl)c1)C(=O)CN(c1cccc(C)c1)S(C)(=O)=O. The maximum Gasteiger partial charge on any atom is 0.244 e. The molecule has 1 N–H and O–H groups in total. The molecule has 1 unspecified atom stereocenters. The number of anilines is 1. The number of nitrogens with zero attached hydrogens (tertiary/aromatic N) is 2. The first-order chi connectivity index (χ1) is 15.5. The van der Waals surface area contributed by atoms with Crippen LogP contribution in [0.3, 0.4) is 0 Å². The lowest BCUT2D eigenvalue weighted by molar-refractivity contribution is -0.139. The van der Waals surface area contributed by atoms with Gasteiger partial charge in [-0.05, 0) is 55.7 Å². The average molecular weight is 494 g/mol. The second-order valence-corrected chi connectivity index (χ2v) is 10.4. The fourth-order valence-electron chi connectivity index (χ4n) is 3.35. The maximum atomic E-state index is 13.4. The highest BCUT2D eigenvalue weighted by Crippen LogP contribution is 2.21. The number of aryl methyl sites for hydroxylation is 1. The Morgan fingerprint density at radius 1 is 1.12 bits per heavy atom. The summed E-state index contributed by atoms with van der Waals surface area (Å²) in [4.78, 5) is 27.6. The van der Waals surface area contributed by atoms with Gasteiger partial charge in [0.1, 0.15) is 12.6 Å². The number of hydrogen-bond donors (Lipinski definition) is 1. The number of unbranched alkanes of at least 4 members (excludes halogenated alkanes) is 1. The molecule has 180 valence electrons. The average Bonchev–Trinajstić information content (AvgIpc) is 2.74. The van der Waals surface area contributed by atoms with Crippen molar-refractivity contribution in [3.05, 3.63) is 64.7 Å². The molecule has 0 fully saturated rings. The second-order valence-electron chi connectivity index (χ2n) is 8.08. The van der Waals surface area contributed by atoms with Gasteiger partial charge in [0.2, 0.25) is 21.8 Å². The van der Waals surface area contributed by atoms with Crippen molar-refractivity contribution in [3.63, 3.8) is 0 Å². The molecule has 0 spiro atoms. The first-order valence-electron chi connectivity index (χ1n) is 10.9. The molecule has 0 saturated heterocycles. The van der Waals surface area contributed by atoms with Crippen molar-refractivity contribution < 1.29 is 18.0 Å². The molecule has 33 heavy (non-hydrogen) atoms. The summed E-state index contributed by atoms with van der Waals surface area (Å²) >= 11 is 6.10. The highest BCUT2D eigenvalue weighted by atomic mass is 35.5. The number of hydrogen-bond acceptors (Lipinski definition) is 4. The van der Waals surface area contributed by atoms with E-state index in [0.29, 0.717) is 17.3 Å². The van der Waals surface area contributed by atoms with E-state index in [4.69, 9.17) is 11.6 Å². The molecule has 2 aromatic rings. The second kappa shape index (κ2) is 12.0. The van der Waals surface area contributed by atoms with Gasteiger partial charge in [0.25, 0.3) is 0 Å². The number of carbonyl (C=O) groups is 2. The molecular formula is C24H32ClN3O4S. The third-order valence-corrected chi connectivity index (χ3v) is 6.58. The zero-order chi connectivity index (χ0) is 24.6. The van der Waals surface area contributed by atoms with E-state index in [-0.39, 0.29) is 12.5 Å². The van der Waals surface area contributed by atoms with Crippen molar-refractivity contribution in [1.82, 2.24) is 10.2 Å². The van der Waals surface area contributed by atoms with E-state index in [1.54, 1.807) is 43.3 Å². The highest BCUT2D eigenvalue weighted by Gasteiger charge is 2.30. The molecule has 9 heteroatoms. The number of rotatable bonds is 11. The predicted molar refractivity (Wildman–Crippen MR) is 133 cm³/mol. The summed E-state index contributed by atoms with van der Waals surface area (Å²) in [5.41, 5.74) is 2.01. The van der Waals surface area contributed by atoms with Crippen LogP contribution in [-0.2, 0) is 26.2 Å². The third-order valence-electron chi connectivity index (χ3n) is 5.21. The van der Waals surface area contributed by atoms with Crippen LogP contribution >= 0.6 is 11.6 Å². The van der Waals surface area contributed by atoms with Gasteiger partial charge in [-0.3, -0.25) is 13.9 Å². The monoisotopic (exact) mass is 493 g/mol. The fourth-order valence-corrected chi connectivity index (χ4v) is 4.40. The first-order valence-corrected chi connectivity index (χ1v) is 13.1. The largest absolute Gasteiger partial charge is 0.354 e. The molecule has 0 radical (unpaired) electrons. The maximum absolute atomic E-state index is 13.4. The Labute approximate surface area is 201 Å². The third kappa shape index (κ3) is 8.05. The van der Waals surface area contributed by atoms with Crippen molar-refractivity contribution in [1.29, 1.82) is 0 Å². The van der Waals surface area contributed by atoms with Gasteiger partial charge < -0.3 is 10.2 Å². The van der Waals surface area contributed by atoms with Gasteiger partial charge in [-0.25, -0.2) is 8.42 Å². The lowest BCUT2D eigenvalue weighted by Gasteiger charge is -2.31. The Kier molecular flexibility index (Phi) is 9.73. The van der Waals surface area contributed by atoms with Crippen LogP contribution in [0.4, 0.5) is 5.69 Å². The molecule has 0 aliphatic heterocycles. The van der Waals surface area contributed by atoms with Crippen LogP contribution in [0.15, 0.2) is 48.5 Å². The van der Waals surface area contributed by atoms with Crippen molar-refractivity contribution >= 4 is 39.1 Å². The first kappa shape index (κ1) is 26.7. The fraction of sp³-hybridized carbons (Fsp3) is 0.417. The van der Waals surface area contributed by atoms with Crippen molar-refractivity contribution in [2.24, 2.45) is 0 Å². The van der Waals surface area contributed by atoms with Crippen LogP contribution in [0.25, 0.3) is 0 Å². The molecule has 7 nitrogen and oxygen atoms in total. The Morgan fingerprint density at radius 3 is 2.42 bits per heavy atom. The quantitative estimate of drug-likeness (QED) is 0.483. The van der Waals surface area contributed by atoms with Gasteiger partial charge in [-0.2, -0.15) is 0 Å². The van der Waals surface area contributed by atoms with Crippen LogP contribution in [0.1, 0.15) is 37.8 Å². The molecular weight excluding hydrogens is 462 g/mol. The lowest BCUT2D eigenvalue weighted by Crippen LogP contribution is -2.51. The van der Waals surface area contributed by atoms with Gasteiger partial charge in [0.05, 0.1) is 11.9 Å². The van der Waals surface area contributed by atoms with E-state index in [9.17, 15) is 18.0 Å². The van der Waals surface area contributed by atoms with Crippen LogP contribution in [-0.4, -0.2) is 50.5 Å². The molecule has 0 saturated carbocycles. The van der Waals surface area contributed by atoms with E-state index in [2.05, 4.69) is 5.32 Å². The summed E-state index contributed by atoms with van der Waals surface area (Å²) in [7, 11) is -3.74. The number of nitrogens with one attached hydrogen (secondary N) is 1. The Hall–Kier alpha value is -2.58. The number of benzene rings is 2. The van der Waals surface area contributed by atoms with E-state index in [1.807, 2.05) is 26.0 Å². The lowest BCUT2D eigenvalue weighted by atomic mass is 10.1. The summed E-state index contributed by atoms with van der Waals surface area (Å²) in [6.45, 7) is 5.72. The van der Waals surface area contributed by atoms with Gasteiger partial charge >= 0.3 is 0 Å². The minimum absolute atomic E-state index is 0.118. The van der Waals surface area contributed by atoms with E-state index in [0.717, 1.165) is 34.5 Å². The zero-order valence-corrected chi connectivity index (χ0v) is 21.1. The molecule has 0 aliphatic rings.